The largest absolute Gasteiger partial charge is 0.368 e. The van der Waals surface area contributed by atoms with Gasteiger partial charge < -0.3 is 15.6 Å². The number of aromatic nitrogens is 2. The highest BCUT2D eigenvalue weighted by Gasteiger charge is 1.93. The van der Waals surface area contributed by atoms with E-state index in [1.807, 2.05) is 10.8 Å². The summed E-state index contributed by atoms with van der Waals surface area (Å²) in [4.78, 5) is 4.12. The zero-order chi connectivity index (χ0) is 8.10. The Morgan fingerprint density at radius 3 is 3.09 bits per heavy atom. The molecule has 11 heavy (non-hydrogen) atoms. The summed E-state index contributed by atoms with van der Waals surface area (Å²) in [6, 6.07) is 0. The second kappa shape index (κ2) is 3.98. The molecule has 1 rings (SSSR count). The molecule has 0 aromatic carbocycles. The highest BCUT2D eigenvalue weighted by atomic mass is 15.1. The van der Waals surface area contributed by atoms with E-state index in [1.165, 1.54) is 0 Å². The van der Waals surface area contributed by atoms with Crippen LogP contribution >= 0.6 is 0 Å². The number of hydrogen-bond acceptors (Lipinski definition) is 3. The average molecular weight is 154 g/mol. The van der Waals surface area contributed by atoms with E-state index in [-0.39, 0.29) is 0 Å². The van der Waals surface area contributed by atoms with Gasteiger partial charge in [-0.15, -0.1) is 0 Å². The Balaban J connectivity index is 2.44. The van der Waals surface area contributed by atoms with Crippen molar-refractivity contribution in [2.45, 2.75) is 13.5 Å². The summed E-state index contributed by atoms with van der Waals surface area (Å²) in [6.45, 7) is 4.45. The van der Waals surface area contributed by atoms with E-state index >= 15 is 0 Å². The number of aryl methyl sites for hydroxylation is 1. The molecule has 4 nitrogen and oxygen atoms in total. The van der Waals surface area contributed by atoms with E-state index in [9.17, 15) is 0 Å². The van der Waals surface area contributed by atoms with Gasteiger partial charge in [-0.25, -0.2) is 4.98 Å². The lowest BCUT2D eigenvalue weighted by atomic mass is 10.6. The Labute approximate surface area is 66.4 Å². The van der Waals surface area contributed by atoms with Crippen LogP contribution in [0.15, 0.2) is 12.5 Å². The van der Waals surface area contributed by atoms with Crippen molar-refractivity contribution in [3.63, 3.8) is 0 Å². The predicted molar refractivity (Wildman–Crippen MR) is 45.4 cm³/mol. The molecule has 0 bridgehead atoms. The number of hydrogen-bond donors (Lipinski definition) is 2. The third kappa shape index (κ3) is 2.23. The highest BCUT2D eigenvalue weighted by molar-refractivity contribution is 5.30. The topological polar surface area (TPSA) is 55.9 Å². The van der Waals surface area contributed by atoms with Gasteiger partial charge in [0.1, 0.15) is 5.82 Å². The number of imidazole rings is 1. The van der Waals surface area contributed by atoms with Crippen molar-refractivity contribution in [2.75, 3.05) is 18.4 Å². The van der Waals surface area contributed by atoms with Crippen molar-refractivity contribution in [1.29, 1.82) is 0 Å². The first-order valence-corrected chi connectivity index (χ1v) is 3.82. The third-order valence-electron chi connectivity index (χ3n) is 1.45. The molecule has 0 fully saturated rings. The lowest BCUT2D eigenvalue weighted by molar-refractivity contribution is 0.761. The summed E-state index contributed by atoms with van der Waals surface area (Å²) < 4.78 is 2.01. The maximum atomic E-state index is 5.32. The van der Waals surface area contributed by atoms with Crippen LogP contribution in [0.5, 0.6) is 0 Å². The van der Waals surface area contributed by atoms with Crippen LogP contribution < -0.4 is 11.1 Å². The average Bonchev–Trinajstić information content (AvgIpc) is 2.48. The van der Waals surface area contributed by atoms with Crippen LogP contribution in [0, 0.1) is 0 Å². The normalized spacial score (nSPS) is 10.0. The van der Waals surface area contributed by atoms with Gasteiger partial charge in [-0.2, -0.15) is 0 Å². The molecule has 1 aromatic heterocycles. The van der Waals surface area contributed by atoms with Gasteiger partial charge in [-0.3, -0.25) is 0 Å². The van der Waals surface area contributed by atoms with Crippen LogP contribution in [0.1, 0.15) is 6.92 Å². The van der Waals surface area contributed by atoms with Gasteiger partial charge in [0.2, 0.25) is 0 Å². The summed E-state index contributed by atoms with van der Waals surface area (Å²) in [5, 5.41) is 3.09. The van der Waals surface area contributed by atoms with Crippen LogP contribution in [0.3, 0.4) is 0 Å². The Bertz CT molecular complexity index is 206. The Morgan fingerprint density at radius 2 is 2.55 bits per heavy atom. The number of nitrogens with two attached hydrogens (primary N) is 1. The van der Waals surface area contributed by atoms with Crippen LogP contribution in [-0.2, 0) is 6.54 Å². The van der Waals surface area contributed by atoms with Gasteiger partial charge in [0.25, 0.3) is 0 Å². The highest BCUT2D eigenvalue weighted by Crippen LogP contribution is 2.00. The Kier molecular flexibility index (Phi) is 2.92. The molecule has 0 aliphatic heterocycles. The predicted octanol–water partition coefficient (Wildman–Crippen LogP) is 0.274. The maximum absolute atomic E-state index is 5.32. The van der Waals surface area contributed by atoms with Crippen molar-refractivity contribution in [3.05, 3.63) is 12.5 Å². The standard InChI is InChI=1S/C7H14N4/c1-2-11-5-7(10-6-11)9-4-3-8/h5-6,9H,2-4,8H2,1H3. The summed E-state index contributed by atoms with van der Waals surface area (Å²) in [5.41, 5.74) is 5.32. The molecule has 62 valence electrons. The molecule has 0 saturated carbocycles. The number of nitrogens with zero attached hydrogens (tertiary/aromatic N) is 2. The first kappa shape index (κ1) is 8.07. The molecule has 1 heterocycles. The Morgan fingerprint density at radius 1 is 1.73 bits per heavy atom. The van der Waals surface area contributed by atoms with E-state index < -0.39 is 0 Å². The number of nitrogens with one attached hydrogen (secondary N) is 1. The summed E-state index contributed by atoms with van der Waals surface area (Å²) >= 11 is 0. The van der Waals surface area contributed by atoms with Crippen molar-refractivity contribution >= 4 is 5.82 Å². The molecule has 0 radical (unpaired) electrons. The van der Waals surface area contributed by atoms with E-state index in [0.29, 0.717) is 6.54 Å². The van der Waals surface area contributed by atoms with Crippen LogP contribution in [-0.4, -0.2) is 22.6 Å². The Hall–Kier alpha value is -1.03. The first-order chi connectivity index (χ1) is 5.36. The minimum atomic E-state index is 0.638. The molecule has 3 N–H and O–H groups in total. The fourth-order valence-corrected chi connectivity index (χ4v) is 0.825. The van der Waals surface area contributed by atoms with Crippen LogP contribution in [0.4, 0.5) is 5.82 Å². The van der Waals surface area contributed by atoms with Gasteiger partial charge in [-0.05, 0) is 6.92 Å². The molecule has 0 aliphatic rings. The minimum Gasteiger partial charge on any atom is -0.368 e. The number of rotatable bonds is 4. The molecular weight excluding hydrogens is 140 g/mol. The third-order valence-corrected chi connectivity index (χ3v) is 1.45. The number of anilines is 1. The summed E-state index contributed by atoms with van der Waals surface area (Å²) in [7, 11) is 0. The molecule has 0 atom stereocenters. The fourth-order valence-electron chi connectivity index (χ4n) is 0.825. The minimum absolute atomic E-state index is 0.638. The maximum Gasteiger partial charge on any atom is 0.144 e. The first-order valence-electron chi connectivity index (χ1n) is 3.82. The summed E-state index contributed by atoms with van der Waals surface area (Å²) in [6.07, 6.45) is 3.77. The molecule has 0 spiro atoms. The zero-order valence-electron chi connectivity index (χ0n) is 6.75. The van der Waals surface area contributed by atoms with Crippen LogP contribution in [0.25, 0.3) is 0 Å². The second-order valence-corrected chi connectivity index (χ2v) is 2.30. The van der Waals surface area contributed by atoms with Crippen molar-refractivity contribution in [3.8, 4) is 0 Å². The van der Waals surface area contributed by atoms with Crippen molar-refractivity contribution in [1.82, 2.24) is 9.55 Å². The molecule has 0 saturated heterocycles. The van der Waals surface area contributed by atoms with Gasteiger partial charge in [-0.1, -0.05) is 0 Å². The molecular formula is C7H14N4. The monoisotopic (exact) mass is 154 g/mol. The molecule has 1 aromatic rings. The van der Waals surface area contributed by atoms with Gasteiger partial charge >= 0.3 is 0 Å². The zero-order valence-corrected chi connectivity index (χ0v) is 6.75. The van der Waals surface area contributed by atoms with Gasteiger partial charge in [0, 0.05) is 25.8 Å². The van der Waals surface area contributed by atoms with Crippen molar-refractivity contribution in [2.24, 2.45) is 5.73 Å². The molecule has 0 unspecified atom stereocenters. The molecule has 0 amide bonds. The molecule has 4 heteroatoms. The lowest BCUT2D eigenvalue weighted by Gasteiger charge is -1.97. The quantitative estimate of drug-likeness (QED) is 0.654. The molecule has 0 aliphatic carbocycles. The van der Waals surface area contributed by atoms with E-state index in [1.54, 1.807) is 6.33 Å². The smallest absolute Gasteiger partial charge is 0.144 e. The second-order valence-electron chi connectivity index (χ2n) is 2.30. The lowest BCUT2D eigenvalue weighted by Crippen LogP contribution is -2.13. The van der Waals surface area contributed by atoms with Gasteiger partial charge in [0.05, 0.1) is 6.33 Å². The van der Waals surface area contributed by atoms with Gasteiger partial charge in [0.15, 0.2) is 0 Å². The van der Waals surface area contributed by atoms with Crippen molar-refractivity contribution < 1.29 is 0 Å². The van der Waals surface area contributed by atoms with E-state index in [0.717, 1.165) is 18.9 Å². The summed E-state index contributed by atoms with van der Waals surface area (Å²) in [5.74, 6) is 0.900. The fraction of sp³-hybridized carbons (Fsp3) is 0.571. The van der Waals surface area contributed by atoms with Crippen LogP contribution in [0.2, 0.25) is 0 Å². The van der Waals surface area contributed by atoms with E-state index in [4.69, 9.17) is 5.73 Å². The van der Waals surface area contributed by atoms with E-state index in [2.05, 4.69) is 17.2 Å². The SMILES string of the molecule is CCn1cnc(NCCN)c1.